The molecule has 0 saturated carbocycles. The van der Waals surface area contributed by atoms with E-state index in [0.717, 1.165) is 22.2 Å². The fourth-order valence-electron chi connectivity index (χ4n) is 2.16. The third-order valence-electron chi connectivity index (χ3n) is 3.30. The van der Waals surface area contributed by atoms with E-state index in [0.29, 0.717) is 6.42 Å². The molecular formula is C18H19BrOS. The van der Waals surface area contributed by atoms with Crippen LogP contribution in [0.2, 0.25) is 0 Å². The maximum Gasteiger partial charge on any atom is 0.162 e. The lowest BCUT2D eigenvalue weighted by molar-refractivity contribution is 0.0982. The Morgan fingerprint density at radius 3 is 2.48 bits per heavy atom. The van der Waals surface area contributed by atoms with E-state index in [1.165, 1.54) is 16.0 Å². The number of hydrogen-bond donors (Lipinski definition) is 0. The average Bonchev–Trinajstić information content (AvgIpc) is 2.46. The van der Waals surface area contributed by atoms with Crippen molar-refractivity contribution < 1.29 is 4.79 Å². The predicted molar refractivity (Wildman–Crippen MR) is 94.3 cm³/mol. The molecule has 0 aliphatic heterocycles. The van der Waals surface area contributed by atoms with Crippen LogP contribution in [0.4, 0.5) is 0 Å². The highest BCUT2D eigenvalue weighted by Crippen LogP contribution is 2.24. The van der Waals surface area contributed by atoms with Gasteiger partial charge in [0.25, 0.3) is 0 Å². The summed E-state index contributed by atoms with van der Waals surface area (Å²) in [6.45, 7) is 4.25. The lowest BCUT2D eigenvalue weighted by atomic mass is 10.1. The van der Waals surface area contributed by atoms with E-state index >= 15 is 0 Å². The van der Waals surface area contributed by atoms with Crippen LogP contribution in [0, 0.1) is 13.8 Å². The van der Waals surface area contributed by atoms with Crippen molar-refractivity contribution in [1.82, 2.24) is 0 Å². The maximum absolute atomic E-state index is 12.1. The van der Waals surface area contributed by atoms with Crippen LogP contribution in [0.1, 0.15) is 34.3 Å². The van der Waals surface area contributed by atoms with Crippen LogP contribution in [0.25, 0.3) is 0 Å². The minimum Gasteiger partial charge on any atom is -0.294 e. The molecule has 0 N–H and O–H groups in total. The Morgan fingerprint density at radius 1 is 1.10 bits per heavy atom. The molecule has 0 bridgehead atoms. The third kappa shape index (κ3) is 5.01. The van der Waals surface area contributed by atoms with Crippen LogP contribution in [0.5, 0.6) is 0 Å². The number of hydrogen-bond acceptors (Lipinski definition) is 2. The zero-order chi connectivity index (χ0) is 15.2. The van der Waals surface area contributed by atoms with Gasteiger partial charge in [0.1, 0.15) is 0 Å². The molecule has 3 heteroatoms. The number of carbonyl (C=O) groups excluding carboxylic acids is 1. The molecule has 0 atom stereocenters. The molecule has 0 radical (unpaired) electrons. The minimum absolute atomic E-state index is 0.226. The molecule has 0 amide bonds. The summed E-state index contributed by atoms with van der Waals surface area (Å²) in [5.41, 5.74) is 3.41. The highest BCUT2D eigenvalue weighted by molar-refractivity contribution is 9.10. The van der Waals surface area contributed by atoms with Gasteiger partial charge in [0.2, 0.25) is 0 Å². The van der Waals surface area contributed by atoms with E-state index in [-0.39, 0.29) is 5.78 Å². The van der Waals surface area contributed by atoms with Gasteiger partial charge in [-0.05, 0) is 49.8 Å². The van der Waals surface area contributed by atoms with E-state index in [9.17, 15) is 4.79 Å². The molecule has 0 aliphatic carbocycles. The number of Topliss-reactive ketones (excluding diaryl/α,β-unsaturated/α-hetero) is 1. The van der Waals surface area contributed by atoms with Gasteiger partial charge in [-0.15, -0.1) is 11.8 Å². The summed E-state index contributed by atoms with van der Waals surface area (Å²) in [6.07, 6.45) is 1.52. The number of rotatable bonds is 6. The summed E-state index contributed by atoms with van der Waals surface area (Å²) in [5.74, 6) is 1.20. The van der Waals surface area contributed by atoms with Crippen molar-refractivity contribution in [2.24, 2.45) is 0 Å². The quantitative estimate of drug-likeness (QED) is 0.365. The first-order valence-electron chi connectivity index (χ1n) is 7.05. The highest BCUT2D eigenvalue weighted by Gasteiger charge is 2.06. The lowest BCUT2D eigenvalue weighted by Gasteiger charge is -2.06. The van der Waals surface area contributed by atoms with Crippen LogP contribution in [-0.4, -0.2) is 11.5 Å². The van der Waals surface area contributed by atoms with Crippen molar-refractivity contribution in [3.63, 3.8) is 0 Å². The SMILES string of the molecule is Cc1ccc(SCCCC(=O)c2ccc(Br)cc2)c(C)c1. The van der Waals surface area contributed by atoms with E-state index in [1.807, 2.05) is 36.0 Å². The zero-order valence-electron chi connectivity index (χ0n) is 12.4. The summed E-state index contributed by atoms with van der Waals surface area (Å²) in [5, 5.41) is 0. The van der Waals surface area contributed by atoms with E-state index in [2.05, 4.69) is 48.0 Å². The molecule has 21 heavy (non-hydrogen) atoms. The molecule has 0 unspecified atom stereocenters. The minimum atomic E-state index is 0.226. The van der Waals surface area contributed by atoms with E-state index in [4.69, 9.17) is 0 Å². The Bertz CT molecular complexity index is 620. The van der Waals surface area contributed by atoms with Crippen LogP contribution >= 0.6 is 27.7 Å². The molecule has 0 aliphatic rings. The smallest absolute Gasteiger partial charge is 0.162 e. The summed E-state index contributed by atoms with van der Waals surface area (Å²) in [4.78, 5) is 13.4. The molecule has 0 heterocycles. The number of carbonyl (C=O) groups is 1. The molecule has 0 fully saturated rings. The van der Waals surface area contributed by atoms with Crippen molar-refractivity contribution in [1.29, 1.82) is 0 Å². The van der Waals surface area contributed by atoms with Gasteiger partial charge in [0.05, 0.1) is 0 Å². The second-order valence-electron chi connectivity index (χ2n) is 5.15. The fraction of sp³-hybridized carbons (Fsp3) is 0.278. The molecule has 110 valence electrons. The van der Waals surface area contributed by atoms with Gasteiger partial charge >= 0.3 is 0 Å². The van der Waals surface area contributed by atoms with Gasteiger partial charge in [0.15, 0.2) is 5.78 Å². The van der Waals surface area contributed by atoms with Gasteiger partial charge < -0.3 is 0 Å². The van der Waals surface area contributed by atoms with E-state index < -0.39 is 0 Å². The molecule has 2 rings (SSSR count). The predicted octanol–water partition coefficient (Wildman–Crippen LogP) is 5.82. The summed E-state index contributed by atoms with van der Waals surface area (Å²) < 4.78 is 1.00. The van der Waals surface area contributed by atoms with Gasteiger partial charge in [-0.2, -0.15) is 0 Å². The zero-order valence-corrected chi connectivity index (χ0v) is 14.8. The van der Waals surface area contributed by atoms with Gasteiger partial charge in [-0.1, -0.05) is 45.8 Å². The number of benzene rings is 2. The Morgan fingerprint density at radius 2 is 1.81 bits per heavy atom. The second kappa shape index (κ2) is 7.81. The van der Waals surface area contributed by atoms with Gasteiger partial charge in [-0.25, -0.2) is 0 Å². The normalized spacial score (nSPS) is 10.6. The molecule has 2 aromatic carbocycles. The average molecular weight is 363 g/mol. The van der Waals surface area contributed by atoms with Crippen LogP contribution < -0.4 is 0 Å². The standard InChI is InChI=1S/C18H19BrOS/c1-13-5-10-18(14(2)12-13)21-11-3-4-17(20)15-6-8-16(19)9-7-15/h5-10,12H,3-4,11H2,1-2H3. The molecule has 1 nitrogen and oxygen atoms in total. The maximum atomic E-state index is 12.1. The van der Waals surface area contributed by atoms with E-state index in [1.54, 1.807) is 0 Å². The summed E-state index contributed by atoms with van der Waals surface area (Å²) in [7, 11) is 0. The first-order valence-corrected chi connectivity index (χ1v) is 8.83. The fourth-order valence-corrected chi connectivity index (χ4v) is 3.38. The Labute approximate surface area is 139 Å². The molecule has 0 saturated heterocycles. The lowest BCUT2D eigenvalue weighted by Crippen LogP contribution is -1.99. The first-order chi connectivity index (χ1) is 10.1. The molecule has 0 aromatic heterocycles. The monoisotopic (exact) mass is 362 g/mol. The Balaban J connectivity index is 1.79. The molecule has 2 aromatic rings. The Kier molecular flexibility index (Phi) is 6.07. The summed E-state index contributed by atoms with van der Waals surface area (Å²) >= 11 is 5.22. The van der Waals surface area contributed by atoms with Crippen molar-refractivity contribution in [3.8, 4) is 0 Å². The van der Waals surface area contributed by atoms with Crippen molar-refractivity contribution in [3.05, 3.63) is 63.6 Å². The van der Waals surface area contributed by atoms with Crippen LogP contribution in [-0.2, 0) is 0 Å². The van der Waals surface area contributed by atoms with Crippen LogP contribution in [0.15, 0.2) is 51.8 Å². The topological polar surface area (TPSA) is 17.1 Å². The van der Waals surface area contributed by atoms with Crippen LogP contribution in [0.3, 0.4) is 0 Å². The van der Waals surface area contributed by atoms with Crippen molar-refractivity contribution >= 4 is 33.5 Å². The summed E-state index contributed by atoms with van der Waals surface area (Å²) in [6, 6.07) is 14.1. The van der Waals surface area contributed by atoms with Crippen molar-refractivity contribution in [2.45, 2.75) is 31.6 Å². The Hall–Kier alpha value is -1.06. The van der Waals surface area contributed by atoms with Gasteiger partial charge in [-0.3, -0.25) is 4.79 Å². The first kappa shape index (κ1) is 16.3. The number of ketones is 1. The number of aryl methyl sites for hydroxylation is 2. The highest BCUT2D eigenvalue weighted by atomic mass is 79.9. The largest absolute Gasteiger partial charge is 0.294 e. The third-order valence-corrected chi connectivity index (χ3v) is 5.09. The van der Waals surface area contributed by atoms with Crippen molar-refractivity contribution in [2.75, 3.05) is 5.75 Å². The number of halogens is 1. The van der Waals surface area contributed by atoms with Gasteiger partial charge in [0, 0.05) is 21.4 Å². The number of thioether (sulfide) groups is 1. The molecular weight excluding hydrogens is 344 g/mol. The molecule has 0 spiro atoms. The second-order valence-corrected chi connectivity index (χ2v) is 7.20.